The fraction of sp³-hybridized carbons (Fsp3) is 0.722. The van der Waals surface area contributed by atoms with E-state index in [1.54, 1.807) is 6.07 Å². The highest BCUT2D eigenvalue weighted by Gasteiger charge is 2.27. The average Bonchev–Trinajstić information content (AvgIpc) is 3.06. The second kappa shape index (κ2) is 10.4. The van der Waals surface area contributed by atoms with Crippen LogP contribution in [0.3, 0.4) is 0 Å². The van der Waals surface area contributed by atoms with Crippen LogP contribution >= 0.6 is 11.9 Å². The Hall–Kier alpha value is -1.70. The number of carbonyl (C=O) groups excluding carboxylic acids is 2. The van der Waals surface area contributed by atoms with Crippen LogP contribution in [-0.2, 0) is 10.2 Å². The monoisotopic (exact) mass is 385 g/mol. The molecule has 2 amide bonds. The molecule has 26 heavy (non-hydrogen) atoms. The first-order valence-corrected chi connectivity index (χ1v) is 9.84. The topological polar surface area (TPSA) is 84.7 Å². The third-order valence-electron chi connectivity index (χ3n) is 3.77. The lowest BCUT2D eigenvalue weighted by Gasteiger charge is -2.18. The maximum absolute atomic E-state index is 12.2. The van der Waals surface area contributed by atoms with E-state index in [0.717, 1.165) is 23.6 Å². The maximum Gasteiger partial charge on any atom is 0.389 e. The largest absolute Gasteiger partial charge is 0.453 e. The Bertz CT molecular complexity index is 583. The molecule has 0 aliphatic carbocycles. The molecule has 1 heterocycles. The number of ether oxygens (including phenoxy) is 1. The molecule has 1 rings (SSSR count). The van der Waals surface area contributed by atoms with Crippen molar-refractivity contribution in [2.75, 3.05) is 11.4 Å². The molecule has 1 aromatic rings. The minimum absolute atomic E-state index is 0.194. The number of urea groups is 1. The molecular formula is C18H31N3O4S. The highest BCUT2D eigenvalue weighted by atomic mass is 32.2. The van der Waals surface area contributed by atoms with E-state index in [9.17, 15) is 9.59 Å². The van der Waals surface area contributed by atoms with Crippen LogP contribution in [-0.4, -0.2) is 29.6 Å². The Balaban J connectivity index is 2.69. The van der Waals surface area contributed by atoms with Gasteiger partial charge in [0.1, 0.15) is 5.76 Å². The number of aromatic nitrogens is 1. The van der Waals surface area contributed by atoms with Gasteiger partial charge in [0.15, 0.2) is 5.82 Å². The zero-order chi connectivity index (χ0) is 19.7. The van der Waals surface area contributed by atoms with Crippen molar-refractivity contribution in [3.05, 3.63) is 11.8 Å². The van der Waals surface area contributed by atoms with E-state index in [1.807, 2.05) is 27.7 Å². The maximum atomic E-state index is 12.2. The zero-order valence-electron chi connectivity index (χ0n) is 16.6. The Kier molecular flexibility index (Phi) is 8.98. The third kappa shape index (κ3) is 7.27. The van der Waals surface area contributed by atoms with Crippen LogP contribution in [0.2, 0.25) is 0 Å². The van der Waals surface area contributed by atoms with E-state index in [0.29, 0.717) is 17.7 Å². The SMILES string of the molecule is CCCCCCC(C)OC(=O)SN(C(=O)NC)c1cc(C(C)(C)C)on1. The van der Waals surface area contributed by atoms with Crippen molar-refractivity contribution in [3.8, 4) is 0 Å². The number of nitrogens with one attached hydrogen (secondary N) is 1. The van der Waals surface area contributed by atoms with Gasteiger partial charge in [-0.15, -0.1) is 0 Å². The molecule has 0 aliphatic rings. The molecule has 0 radical (unpaired) electrons. The molecule has 0 saturated carbocycles. The number of anilines is 1. The number of hydrogen-bond acceptors (Lipinski definition) is 6. The fourth-order valence-electron chi connectivity index (χ4n) is 2.19. The van der Waals surface area contributed by atoms with Crippen molar-refractivity contribution in [1.82, 2.24) is 10.5 Å². The molecule has 0 fully saturated rings. The second-order valence-electron chi connectivity index (χ2n) is 7.27. The summed E-state index contributed by atoms with van der Waals surface area (Å²) in [6.07, 6.45) is 5.11. The Morgan fingerprint density at radius 1 is 1.35 bits per heavy atom. The molecule has 7 nitrogen and oxygen atoms in total. The second-order valence-corrected chi connectivity index (χ2v) is 8.15. The first kappa shape index (κ1) is 22.3. The quantitative estimate of drug-likeness (QED) is 0.391. The molecule has 1 atom stereocenters. The lowest BCUT2D eigenvalue weighted by molar-refractivity contribution is 0.126. The van der Waals surface area contributed by atoms with Crippen LogP contribution in [0.1, 0.15) is 72.5 Å². The molecule has 1 aromatic heterocycles. The van der Waals surface area contributed by atoms with Crippen molar-refractivity contribution in [3.63, 3.8) is 0 Å². The molecule has 1 unspecified atom stereocenters. The first-order valence-electron chi connectivity index (χ1n) is 9.06. The molecule has 1 N–H and O–H groups in total. The molecule has 0 aromatic carbocycles. The molecular weight excluding hydrogens is 354 g/mol. The van der Waals surface area contributed by atoms with Crippen molar-refractivity contribution < 1.29 is 18.8 Å². The van der Waals surface area contributed by atoms with Crippen molar-refractivity contribution in [2.24, 2.45) is 0 Å². The first-order chi connectivity index (χ1) is 12.2. The van der Waals surface area contributed by atoms with Gasteiger partial charge in [0, 0.05) is 18.5 Å². The van der Waals surface area contributed by atoms with E-state index >= 15 is 0 Å². The molecule has 8 heteroatoms. The van der Waals surface area contributed by atoms with Gasteiger partial charge in [0.05, 0.1) is 18.1 Å². The number of nitrogens with zero attached hydrogens (tertiary/aromatic N) is 2. The van der Waals surface area contributed by atoms with Crippen molar-refractivity contribution in [2.45, 2.75) is 78.2 Å². The van der Waals surface area contributed by atoms with Crippen LogP contribution < -0.4 is 9.62 Å². The Labute approximate surface area is 160 Å². The van der Waals surface area contributed by atoms with Gasteiger partial charge in [0.25, 0.3) is 0 Å². The van der Waals surface area contributed by atoms with Crippen LogP contribution in [0.4, 0.5) is 15.4 Å². The van der Waals surface area contributed by atoms with Crippen LogP contribution in [0.15, 0.2) is 10.6 Å². The van der Waals surface area contributed by atoms with Gasteiger partial charge in [-0.1, -0.05) is 52.1 Å². The van der Waals surface area contributed by atoms with Gasteiger partial charge in [-0.25, -0.2) is 13.9 Å². The molecule has 0 aliphatic heterocycles. The zero-order valence-corrected chi connectivity index (χ0v) is 17.4. The summed E-state index contributed by atoms with van der Waals surface area (Å²) in [4.78, 5) is 24.4. The predicted octanol–water partition coefficient (Wildman–Crippen LogP) is 5.26. The van der Waals surface area contributed by atoms with E-state index in [2.05, 4.69) is 17.4 Å². The molecule has 148 valence electrons. The van der Waals surface area contributed by atoms with Gasteiger partial charge >= 0.3 is 11.3 Å². The average molecular weight is 386 g/mol. The predicted molar refractivity (Wildman–Crippen MR) is 104 cm³/mol. The summed E-state index contributed by atoms with van der Waals surface area (Å²) < 4.78 is 11.8. The lowest BCUT2D eigenvalue weighted by atomic mass is 9.93. The fourth-order valence-corrected chi connectivity index (χ4v) is 2.90. The summed E-state index contributed by atoms with van der Waals surface area (Å²) in [6.45, 7) is 9.94. The minimum atomic E-state index is -0.545. The summed E-state index contributed by atoms with van der Waals surface area (Å²) in [7, 11) is 1.49. The van der Waals surface area contributed by atoms with Gasteiger partial charge in [-0.05, 0) is 19.8 Å². The molecule has 0 spiro atoms. The van der Waals surface area contributed by atoms with Gasteiger partial charge in [-0.2, -0.15) is 0 Å². The molecule has 0 bridgehead atoms. The number of unbranched alkanes of at least 4 members (excludes halogenated alkanes) is 3. The van der Waals surface area contributed by atoms with Crippen LogP contribution in [0, 0.1) is 0 Å². The van der Waals surface area contributed by atoms with E-state index < -0.39 is 11.3 Å². The normalized spacial score (nSPS) is 12.5. The Morgan fingerprint density at radius 3 is 2.58 bits per heavy atom. The smallest absolute Gasteiger partial charge is 0.389 e. The summed E-state index contributed by atoms with van der Waals surface area (Å²) in [5.74, 6) is 0.881. The summed E-state index contributed by atoms with van der Waals surface area (Å²) in [6, 6.07) is 1.18. The highest BCUT2D eigenvalue weighted by molar-refractivity contribution is 8.15. The van der Waals surface area contributed by atoms with E-state index in [4.69, 9.17) is 9.26 Å². The van der Waals surface area contributed by atoms with E-state index in [1.165, 1.54) is 19.9 Å². The number of rotatable bonds is 7. The molecule has 0 saturated heterocycles. The summed E-state index contributed by atoms with van der Waals surface area (Å²) in [5.41, 5.74) is -0.252. The van der Waals surface area contributed by atoms with Crippen LogP contribution in [0.5, 0.6) is 0 Å². The lowest BCUT2D eigenvalue weighted by Crippen LogP contribution is -2.34. The standard InChI is InChI=1S/C18H31N3O4S/c1-7-8-9-10-11-13(2)24-17(23)26-21(16(22)19-6)15-12-14(25-20-15)18(3,4)5/h12-13H,7-11H2,1-6H3,(H,19,22). The van der Waals surface area contributed by atoms with Crippen molar-refractivity contribution in [1.29, 1.82) is 0 Å². The summed E-state index contributed by atoms with van der Waals surface area (Å²) >= 11 is 0.664. The van der Waals surface area contributed by atoms with Crippen LogP contribution in [0.25, 0.3) is 0 Å². The summed E-state index contributed by atoms with van der Waals surface area (Å²) in [5, 5.41) is 5.87. The number of carbonyl (C=O) groups is 2. The number of amides is 2. The van der Waals surface area contributed by atoms with E-state index in [-0.39, 0.29) is 17.3 Å². The van der Waals surface area contributed by atoms with Gasteiger partial charge in [-0.3, -0.25) is 0 Å². The third-order valence-corrected chi connectivity index (χ3v) is 4.55. The van der Waals surface area contributed by atoms with Crippen molar-refractivity contribution >= 4 is 29.1 Å². The number of hydrogen-bond donors (Lipinski definition) is 1. The van der Waals surface area contributed by atoms with Gasteiger partial charge < -0.3 is 14.6 Å². The highest BCUT2D eigenvalue weighted by Crippen LogP contribution is 2.29. The minimum Gasteiger partial charge on any atom is -0.453 e. The van der Waals surface area contributed by atoms with Gasteiger partial charge in [0.2, 0.25) is 0 Å². The Morgan fingerprint density at radius 2 is 2.04 bits per heavy atom.